The van der Waals surface area contributed by atoms with Gasteiger partial charge in [-0.05, 0) is 24.1 Å². The molecule has 0 aliphatic rings. The van der Waals surface area contributed by atoms with Crippen LogP contribution < -0.4 is 5.73 Å². The van der Waals surface area contributed by atoms with Crippen LogP contribution in [0.15, 0.2) is 11.5 Å². The van der Waals surface area contributed by atoms with E-state index < -0.39 is 0 Å². The summed E-state index contributed by atoms with van der Waals surface area (Å²) in [4.78, 5) is 9.89. The lowest BCUT2D eigenvalue weighted by Gasteiger charge is -1.78. The summed E-state index contributed by atoms with van der Waals surface area (Å²) in [5, 5.41) is 1.28. The van der Waals surface area contributed by atoms with E-state index >= 15 is 0 Å². The topological polar surface area (TPSA) is 43.1 Å². The highest BCUT2D eigenvalue weighted by Crippen LogP contribution is 1.98. The molecular weight excluding hydrogens is 110 g/mol. The van der Waals surface area contributed by atoms with Crippen molar-refractivity contribution in [3.05, 3.63) is 11.5 Å². The van der Waals surface area contributed by atoms with Gasteiger partial charge in [0.25, 0.3) is 5.24 Å². The summed E-state index contributed by atoms with van der Waals surface area (Å²) in [6.07, 6.45) is 1.76. The molecule has 0 aromatic heterocycles. The second-order valence-corrected chi connectivity index (χ2v) is 1.82. The van der Waals surface area contributed by atoms with Crippen LogP contribution in [0.4, 0.5) is 4.79 Å². The quantitative estimate of drug-likeness (QED) is 0.563. The van der Waals surface area contributed by atoms with Crippen molar-refractivity contribution in [2.24, 2.45) is 5.73 Å². The third-order valence-electron chi connectivity index (χ3n) is 0.320. The molecule has 1 amide bonds. The first kappa shape index (κ1) is 6.56. The predicted octanol–water partition coefficient (Wildman–Crippen LogP) is 1.33. The average molecular weight is 117 g/mol. The zero-order valence-corrected chi connectivity index (χ0v) is 4.87. The molecule has 0 aromatic rings. The third-order valence-corrected chi connectivity index (χ3v) is 0.961. The van der Waals surface area contributed by atoms with E-state index in [0.717, 1.165) is 11.8 Å². The van der Waals surface area contributed by atoms with Gasteiger partial charge in [-0.3, -0.25) is 4.79 Å². The van der Waals surface area contributed by atoms with E-state index in [1.54, 1.807) is 11.5 Å². The molecule has 0 heterocycles. The van der Waals surface area contributed by atoms with Crippen molar-refractivity contribution in [3.8, 4) is 0 Å². The van der Waals surface area contributed by atoms with Gasteiger partial charge in [0, 0.05) is 0 Å². The molecule has 40 valence electrons. The van der Waals surface area contributed by atoms with Crippen LogP contribution >= 0.6 is 11.8 Å². The molecule has 2 nitrogen and oxygen atoms in total. The number of primary amides is 1. The van der Waals surface area contributed by atoms with Crippen molar-refractivity contribution in [2.75, 3.05) is 0 Å². The number of amides is 1. The maximum atomic E-state index is 9.89. The molecule has 0 bridgehead atoms. The van der Waals surface area contributed by atoms with Crippen LogP contribution in [-0.4, -0.2) is 5.24 Å². The van der Waals surface area contributed by atoms with Gasteiger partial charge in [-0.2, -0.15) is 0 Å². The maximum Gasteiger partial charge on any atom is 0.280 e. The second kappa shape index (κ2) is 3.74. The molecule has 0 fully saturated rings. The zero-order chi connectivity index (χ0) is 5.70. The van der Waals surface area contributed by atoms with Crippen LogP contribution in [0.2, 0.25) is 0 Å². The Labute approximate surface area is 46.8 Å². The second-order valence-electron chi connectivity index (χ2n) is 0.906. The highest BCUT2D eigenvalue weighted by Gasteiger charge is 1.83. The first-order chi connectivity index (χ1) is 3.27. The molecule has 0 unspecified atom stereocenters. The lowest BCUT2D eigenvalue weighted by Crippen LogP contribution is -1.99. The summed E-state index contributed by atoms with van der Waals surface area (Å²) in [5.74, 6) is 0. The van der Waals surface area contributed by atoms with Crippen LogP contribution in [0.3, 0.4) is 0 Å². The van der Waals surface area contributed by atoms with Crippen molar-refractivity contribution < 1.29 is 4.79 Å². The molecule has 0 spiro atoms. The lowest BCUT2D eigenvalue weighted by atomic mass is 10.8. The van der Waals surface area contributed by atoms with Gasteiger partial charge >= 0.3 is 0 Å². The molecule has 0 rings (SSSR count). The van der Waals surface area contributed by atoms with Gasteiger partial charge in [0.15, 0.2) is 0 Å². The molecule has 0 aliphatic heterocycles. The predicted molar refractivity (Wildman–Crippen MR) is 32.0 cm³/mol. The summed E-state index contributed by atoms with van der Waals surface area (Å²) >= 11 is 0.990. The fourth-order valence-corrected chi connectivity index (χ4v) is 0.405. The molecule has 0 atom stereocenters. The molecule has 3 heteroatoms. The molecular formula is C4H7NOS. The van der Waals surface area contributed by atoms with E-state index in [1.165, 1.54) is 0 Å². The Bertz CT molecular complexity index is 89.7. The Morgan fingerprint density at radius 2 is 2.43 bits per heavy atom. The molecule has 0 saturated carbocycles. The fraction of sp³-hybridized carbons (Fsp3) is 0.250. The van der Waals surface area contributed by atoms with Crippen LogP contribution in [0.1, 0.15) is 6.92 Å². The Kier molecular flexibility index (Phi) is 3.50. The molecule has 0 saturated heterocycles. The Balaban J connectivity index is 3.14. The van der Waals surface area contributed by atoms with Gasteiger partial charge in [-0.25, -0.2) is 0 Å². The molecule has 0 aromatic carbocycles. The number of carbonyl (C=O) groups excluding carboxylic acids is 1. The number of hydrogen-bond acceptors (Lipinski definition) is 2. The number of carbonyl (C=O) groups is 1. The van der Waals surface area contributed by atoms with Crippen molar-refractivity contribution >= 4 is 17.0 Å². The first-order valence-corrected chi connectivity index (χ1v) is 2.72. The maximum absolute atomic E-state index is 9.89. The minimum atomic E-state index is -0.363. The normalized spacial score (nSPS) is 9.86. The molecule has 0 aliphatic carbocycles. The Morgan fingerprint density at radius 1 is 1.86 bits per heavy atom. The third kappa shape index (κ3) is 5.56. The van der Waals surface area contributed by atoms with Crippen molar-refractivity contribution in [1.82, 2.24) is 0 Å². The molecule has 2 N–H and O–H groups in total. The standard InChI is InChI=1S/C4H7NOS/c1-2-3-7-4(5)6/h2-3H,1H3,(H2,5,6)/b3-2-. The molecule has 7 heavy (non-hydrogen) atoms. The summed E-state index contributed by atoms with van der Waals surface area (Å²) < 4.78 is 0. The first-order valence-electron chi connectivity index (χ1n) is 1.84. The smallest absolute Gasteiger partial charge is 0.280 e. The van der Waals surface area contributed by atoms with Crippen LogP contribution in [0.25, 0.3) is 0 Å². The number of allylic oxidation sites excluding steroid dienone is 1. The number of rotatable bonds is 1. The summed E-state index contributed by atoms with van der Waals surface area (Å²) in [6, 6.07) is 0. The Morgan fingerprint density at radius 3 is 2.57 bits per heavy atom. The van der Waals surface area contributed by atoms with E-state index in [2.05, 4.69) is 0 Å². The van der Waals surface area contributed by atoms with Crippen LogP contribution in [0.5, 0.6) is 0 Å². The van der Waals surface area contributed by atoms with Gasteiger partial charge in [0.05, 0.1) is 0 Å². The number of nitrogens with two attached hydrogens (primary N) is 1. The number of hydrogen-bond donors (Lipinski definition) is 1. The van der Waals surface area contributed by atoms with Gasteiger partial charge in [0.1, 0.15) is 0 Å². The highest BCUT2D eigenvalue weighted by molar-refractivity contribution is 8.16. The van der Waals surface area contributed by atoms with E-state index in [0.29, 0.717) is 0 Å². The van der Waals surface area contributed by atoms with E-state index in [1.807, 2.05) is 6.92 Å². The van der Waals surface area contributed by atoms with Gasteiger partial charge in [0.2, 0.25) is 0 Å². The van der Waals surface area contributed by atoms with E-state index in [-0.39, 0.29) is 5.24 Å². The van der Waals surface area contributed by atoms with Crippen LogP contribution in [-0.2, 0) is 0 Å². The summed E-state index contributed by atoms with van der Waals surface area (Å²) in [7, 11) is 0. The van der Waals surface area contributed by atoms with E-state index in [9.17, 15) is 4.79 Å². The summed E-state index contributed by atoms with van der Waals surface area (Å²) in [6.45, 7) is 1.83. The van der Waals surface area contributed by atoms with Gasteiger partial charge < -0.3 is 5.73 Å². The number of thioether (sulfide) groups is 1. The van der Waals surface area contributed by atoms with Crippen molar-refractivity contribution in [3.63, 3.8) is 0 Å². The van der Waals surface area contributed by atoms with Gasteiger partial charge in [-0.1, -0.05) is 6.08 Å². The minimum absolute atomic E-state index is 0.363. The minimum Gasteiger partial charge on any atom is -0.360 e. The fourth-order valence-electron chi connectivity index (χ4n) is 0.135. The lowest BCUT2D eigenvalue weighted by molar-refractivity contribution is 0.267. The van der Waals surface area contributed by atoms with Crippen LogP contribution in [0, 0.1) is 0 Å². The molecule has 0 radical (unpaired) electrons. The van der Waals surface area contributed by atoms with E-state index in [4.69, 9.17) is 5.73 Å². The van der Waals surface area contributed by atoms with Crippen molar-refractivity contribution in [1.29, 1.82) is 0 Å². The monoisotopic (exact) mass is 117 g/mol. The van der Waals surface area contributed by atoms with Gasteiger partial charge in [-0.15, -0.1) is 0 Å². The largest absolute Gasteiger partial charge is 0.360 e. The summed E-state index contributed by atoms with van der Waals surface area (Å²) in [5.41, 5.74) is 4.75. The van der Waals surface area contributed by atoms with Crippen molar-refractivity contribution in [2.45, 2.75) is 6.92 Å². The Hall–Kier alpha value is -0.440. The average Bonchev–Trinajstić information content (AvgIpc) is 1.61. The zero-order valence-electron chi connectivity index (χ0n) is 4.05. The highest BCUT2D eigenvalue weighted by atomic mass is 32.2. The SMILES string of the molecule is C/C=C\SC(N)=O.